The lowest BCUT2D eigenvalue weighted by Gasteiger charge is -2.11. The van der Waals surface area contributed by atoms with Crippen molar-refractivity contribution >= 4 is 44.6 Å². The number of phenolic OH excluding ortho intramolecular Hbond substituents is 1. The Kier molecular flexibility index (Phi) is 6.78. The van der Waals surface area contributed by atoms with Crippen LogP contribution in [0.4, 0.5) is 11.4 Å². The number of hydrogen-bond acceptors (Lipinski definition) is 8. The zero-order valence-electron chi connectivity index (χ0n) is 16.2. The minimum atomic E-state index is -3.83. The normalized spacial score (nSPS) is 10.9. The number of carbonyl (C=O) groups is 2. The molecule has 1 aromatic heterocycles. The number of nitrogens with one attached hydrogen (secondary N) is 2. The van der Waals surface area contributed by atoms with Crippen molar-refractivity contribution in [2.24, 2.45) is 0 Å². The standard InChI is InChI=1S/C20H18N2O7S2/c1-28-15-5-2-4-13(10-15)21-18(24)12-29-20(25)16-11-14(7-8-17(16)23)22-31(26,27)19-6-3-9-30-19/h2-11,22-23H,12H2,1H3,(H,21,24). The molecule has 0 bridgehead atoms. The van der Waals surface area contributed by atoms with Gasteiger partial charge in [-0.3, -0.25) is 9.52 Å². The maximum Gasteiger partial charge on any atom is 0.342 e. The van der Waals surface area contributed by atoms with E-state index in [1.807, 2.05) is 0 Å². The lowest BCUT2D eigenvalue weighted by atomic mass is 10.2. The highest BCUT2D eigenvalue weighted by Crippen LogP contribution is 2.25. The highest BCUT2D eigenvalue weighted by molar-refractivity contribution is 7.94. The lowest BCUT2D eigenvalue weighted by molar-refractivity contribution is -0.119. The Labute approximate surface area is 182 Å². The van der Waals surface area contributed by atoms with E-state index in [-0.39, 0.29) is 15.5 Å². The number of aromatic hydroxyl groups is 1. The van der Waals surface area contributed by atoms with Gasteiger partial charge in [-0.2, -0.15) is 0 Å². The number of carbonyl (C=O) groups excluding carboxylic acids is 2. The van der Waals surface area contributed by atoms with Gasteiger partial charge in [0.15, 0.2) is 6.61 Å². The largest absolute Gasteiger partial charge is 0.507 e. The summed E-state index contributed by atoms with van der Waals surface area (Å²) >= 11 is 1.03. The van der Waals surface area contributed by atoms with Crippen molar-refractivity contribution in [2.75, 3.05) is 23.8 Å². The van der Waals surface area contributed by atoms with Crippen LogP contribution in [0, 0.1) is 0 Å². The van der Waals surface area contributed by atoms with Crippen LogP contribution in [0.2, 0.25) is 0 Å². The van der Waals surface area contributed by atoms with Crippen LogP contribution in [-0.4, -0.2) is 39.1 Å². The third kappa shape index (κ3) is 5.74. The van der Waals surface area contributed by atoms with Crippen molar-refractivity contribution in [3.63, 3.8) is 0 Å². The minimum Gasteiger partial charge on any atom is -0.507 e. The summed E-state index contributed by atoms with van der Waals surface area (Å²) in [5.74, 6) is -1.47. The summed E-state index contributed by atoms with van der Waals surface area (Å²) < 4.78 is 37.1. The molecule has 0 atom stereocenters. The number of anilines is 2. The predicted octanol–water partition coefficient (Wildman–Crippen LogP) is 3.06. The van der Waals surface area contributed by atoms with Crippen LogP contribution >= 0.6 is 11.3 Å². The van der Waals surface area contributed by atoms with Crippen LogP contribution in [-0.2, 0) is 19.6 Å². The highest BCUT2D eigenvalue weighted by Gasteiger charge is 2.19. The van der Waals surface area contributed by atoms with Gasteiger partial charge in [-0.1, -0.05) is 12.1 Å². The van der Waals surface area contributed by atoms with Crippen molar-refractivity contribution in [3.05, 3.63) is 65.5 Å². The first-order chi connectivity index (χ1) is 14.8. The van der Waals surface area contributed by atoms with E-state index in [2.05, 4.69) is 10.0 Å². The Morgan fingerprint density at radius 1 is 1.06 bits per heavy atom. The third-order valence-corrected chi connectivity index (χ3v) is 6.70. The van der Waals surface area contributed by atoms with Gasteiger partial charge >= 0.3 is 5.97 Å². The Morgan fingerprint density at radius 3 is 2.58 bits per heavy atom. The van der Waals surface area contributed by atoms with Gasteiger partial charge in [-0.25, -0.2) is 13.2 Å². The number of thiophene rings is 1. The average Bonchev–Trinajstić information content (AvgIpc) is 3.29. The highest BCUT2D eigenvalue weighted by atomic mass is 32.2. The van der Waals surface area contributed by atoms with Crippen molar-refractivity contribution < 1.29 is 32.6 Å². The van der Waals surface area contributed by atoms with Crippen molar-refractivity contribution in [1.29, 1.82) is 0 Å². The monoisotopic (exact) mass is 462 g/mol. The number of rotatable bonds is 8. The molecule has 0 saturated heterocycles. The number of sulfonamides is 1. The number of esters is 1. The van der Waals surface area contributed by atoms with Crippen LogP contribution in [0.1, 0.15) is 10.4 Å². The second-order valence-corrected chi connectivity index (χ2v) is 8.98. The summed E-state index contributed by atoms with van der Waals surface area (Å²) in [7, 11) is -2.34. The Hall–Kier alpha value is -3.57. The number of ether oxygens (including phenoxy) is 2. The second kappa shape index (κ2) is 9.49. The molecule has 0 aliphatic carbocycles. The topological polar surface area (TPSA) is 131 Å². The van der Waals surface area contributed by atoms with Crippen LogP contribution < -0.4 is 14.8 Å². The molecular weight excluding hydrogens is 444 g/mol. The molecule has 3 aromatic rings. The van der Waals surface area contributed by atoms with Gasteiger partial charge in [0.1, 0.15) is 21.3 Å². The maximum absolute atomic E-state index is 12.3. The summed E-state index contributed by atoms with van der Waals surface area (Å²) in [5, 5.41) is 14.1. The molecule has 0 unspecified atom stereocenters. The SMILES string of the molecule is COc1cccc(NC(=O)COC(=O)c2cc(NS(=O)(=O)c3cccs3)ccc2O)c1. The molecule has 1 heterocycles. The smallest absolute Gasteiger partial charge is 0.342 e. The van der Waals surface area contributed by atoms with Gasteiger partial charge in [0.05, 0.1) is 7.11 Å². The zero-order chi connectivity index (χ0) is 22.4. The zero-order valence-corrected chi connectivity index (χ0v) is 17.8. The molecule has 162 valence electrons. The first-order valence-electron chi connectivity index (χ1n) is 8.79. The van der Waals surface area contributed by atoms with Crippen molar-refractivity contribution in [2.45, 2.75) is 4.21 Å². The Bertz CT molecular complexity index is 1190. The molecule has 0 fully saturated rings. The number of methoxy groups -OCH3 is 1. The van der Waals surface area contributed by atoms with Gasteiger partial charge in [0, 0.05) is 17.4 Å². The third-order valence-electron chi connectivity index (χ3n) is 3.92. The minimum absolute atomic E-state index is 0.0546. The molecule has 9 nitrogen and oxygen atoms in total. The van der Waals surface area contributed by atoms with Crippen LogP contribution in [0.3, 0.4) is 0 Å². The fourth-order valence-corrected chi connectivity index (χ4v) is 4.53. The summed E-state index contributed by atoms with van der Waals surface area (Å²) in [6.45, 7) is -0.610. The molecule has 3 rings (SSSR count). The quantitative estimate of drug-likeness (QED) is 0.346. The summed E-state index contributed by atoms with van der Waals surface area (Å²) in [5.41, 5.74) is 0.216. The van der Waals surface area contributed by atoms with Gasteiger partial charge in [0.2, 0.25) is 0 Å². The number of phenols is 1. The molecule has 0 radical (unpaired) electrons. The van der Waals surface area contributed by atoms with Gasteiger partial charge in [-0.05, 0) is 41.8 Å². The van der Waals surface area contributed by atoms with E-state index < -0.39 is 34.3 Å². The predicted molar refractivity (Wildman–Crippen MR) is 115 cm³/mol. The molecule has 1 amide bonds. The molecule has 0 saturated carbocycles. The van der Waals surface area contributed by atoms with Gasteiger partial charge in [0.25, 0.3) is 15.9 Å². The molecule has 2 aromatic carbocycles. The van der Waals surface area contributed by atoms with E-state index in [4.69, 9.17) is 9.47 Å². The Balaban J connectivity index is 1.64. The summed E-state index contributed by atoms with van der Waals surface area (Å²) in [6, 6.07) is 13.2. The summed E-state index contributed by atoms with van der Waals surface area (Å²) in [4.78, 5) is 24.3. The number of amides is 1. The van der Waals surface area contributed by atoms with Crippen molar-refractivity contribution in [3.8, 4) is 11.5 Å². The average molecular weight is 463 g/mol. The lowest BCUT2D eigenvalue weighted by Crippen LogP contribution is -2.21. The fraction of sp³-hybridized carbons (Fsp3) is 0.100. The molecule has 31 heavy (non-hydrogen) atoms. The van der Waals surface area contributed by atoms with E-state index in [0.29, 0.717) is 11.4 Å². The Morgan fingerprint density at radius 2 is 1.87 bits per heavy atom. The first kappa shape index (κ1) is 22.1. The van der Waals surface area contributed by atoms with E-state index >= 15 is 0 Å². The van der Waals surface area contributed by atoms with Gasteiger partial charge in [-0.15, -0.1) is 11.3 Å². The van der Waals surface area contributed by atoms with E-state index in [1.165, 1.54) is 19.2 Å². The number of benzene rings is 2. The fourth-order valence-electron chi connectivity index (χ4n) is 2.49. The molecule has 0 spiro atoms. The molecule has 0 aliphatic rings. The molecule has 3 N–H and O–H groups in total. The molecule has 0 aliphatic heterocycles. The number of hydrogen-bond donors (Lipinski definition) is 3. The first-order valence-corrected chi connectivity index (χ1v) is 11.1. The van der Waals surface area contributed by atoms with Crippen molar-refractivity contribution in [1.82, 2.24) is 0 Å². The van der Waals surface area contributed by atoms with E-state index in [1.54, 1.807) is 35.7 Å². The van der Waals surface area contributed by atoms with Crippen LogP contribution in [0.25, 0.3) is 0 Å². The maximum atomic E-state index is 12.3. The summed E-state index contributed by atoms with van der Waals surface area (Å²) in [6.07, 6.45) is 0. The van der Waals surface area contributed by atoms with Gasteiger partial charge < -0.3 is 19.9 Å². The van der Waals surface area contributed by atoms with E-state index in [0.717, 1.165) is 23.5 Å². The molecular formula is C20H18N2O7S2. The van der Waals surface area contributed by atoms with E-state index in [9.17, 15) is 23.1 Å². The van der Waals surface area contributed by atoms with Crippen LogP contribution in [0.15, 0.2) is 64.2 Å². The molecule has 11 heteroatoms. The second-order valence-electron chi connectivity index (χ2n) is 6.13. The van der Waals surface area contributed by atoms with Crippen LogP contribution in [0.5, 0.6) is 11.5 Å².